The highest BCUT2D eigenvalue weighted by atomic mass is 32.1. The minimum absolute atomic E-state index is 0.155. The van der Waals surface area contributed by atoms with Crippen LogP contribution in [0.15, 0.2) is 53.9 Å². The molecule has 1 amide bonds. The Hall–Kier alpha value is -3.27. The summed E-state index contributed by atoms with van der Waals surface area (Å²) < 4.78 is 53.9. The number of carboxylic acid groups (broad SMARTS) is 1. The van der Waals surface area contributed by atoms with Gasteiger partial charge < -0.3 is 10.4 Å². The Labute approximate surface area is 172 Å². The molecule has 0 saturated heterocycles. The van der Waals surface area contributed by atoms with E-state index in [2.05, 4.69) is 10.3 Å². The number of thiazole rings is 1. The number of benzene rings is 2. The van der Waals surface area contributed by atoms with Crippen LogP contribution in [0.3, 0.4) is 0 Å². The molecule has 0 spiro atoms. The van der Waals surface area contributed by atoms with Gasteiger partial charge in [-0.3, -0.25) is 9.59 Å². The van der Waals surface area contributed by atoms with E-state index in [4.69, 9.17) is 5.11 Å². The number of hydrogen-bond acceptors (Lipinski definition) is 4. The molecule has 0 aliphatic heterocycles. The van der Waals surface area contributed by atoms with E-state index in [1.165, 1.54) is 35.7 Å². The van der Waals surface area contributed by atoms with Crippen LogP contribution in [0, 0.1) is 5.82 Å². The number of rotatable bonds is 6. The zero-order chi connectivity index (χ0) is 21.9. The molecule has 1 heterocycles. The zero-order valence-corrected chi connectivity index (χ0v) is 15.9. The van der Waals surface area contributed by atoms with Crippen LogP contribution in [0.5, 0.6) is 0 Å². The Balaban J connectivity index is 1.90. The number of carboxylic acids is 1. The van der Waals surface area contributed by atoms with Gasteiger partial charge in [-0.15, -0.1) is 11.3 Å². The summed E-state index contributed by atoms with van der Waals surface area (Å²) in [5, 5.41) is 13.0. The third-order valence-corrected chi connectivity index (χ3v) is 5.04. The van der Waals surface area contributed by atoms with E-state index in [-0.39, 0.29) is 21.8 Å². The van der Waals surface area contributed by atoms with Crippen LogP contribution in [0.2, 0.25) is 0 Å². The first-order chi connectivity index (χ1) is 14.2. The number of carbonyl (C=O) groups excluding carboxylic acids is 1. The molecule has 0 radical (unpaired) electrons. The molecule has 156 valence electrons. The first-order valence-electron chi connectivity index (χ1n) is 8.56. The molecule has 0 aliphatic rings. The van der Waals surface area contributed by atoms with Gasteiger partial charge in [0.15, 0.2) is 0 Å². The molecule has 3 rings (SSSR count). The fraction of sp³-hybridized carbons (Fsp3) is 0.150. The van der Waals surface area contributed by atoms with Crippen molar-refractivity contribution in [3.8, 4) is 10.6 Å². The average Bonchev–Trinajstić information content (AvgIpc) is 3.17. The van der Waals surface area contributed by atoms with Crippen LogP contribution >= 0.6 is 11.3 Å². The van der Waals surface area contributed by atoms with E-state index in [0.29, 0.717) is 0 Å². The summed E-state index contributed by atoms with van der Waals surface area (Å²) in [6, 6.07) is 8.78. The first kappa shape index (κ1) is 21.4. The largest absolute Gasteiger partial charge is 0.481 e. The molecule has 5 nitrogen and oxygen atoms in total. The molecule has 0 saturated carbocycles. The van der Waals surface area contributed by atoms with Gasteiger partial charge in [-0.2, -0.15) is 13.2 Å². The summed E-state index contributed by atoms with van der Waals surface area (Å²) in [5.74, 6) is -2.79. The standard InChI is InChI=1S/C20H14F4N2O3S/c21-14-8-4-2-6-12(14)19-26-16(10-30-19)18(29)25-15(9-17(27)28)11-5-1-3-7-13(11)20(22,23)24/h1-8,10,15H,9H2,(H,25,29)(H,27,28). The molecule has 3 aromatic rings. The van der Waals surface area contributed by atoms with Crippen LogP contribution in [0.25, 0.3) is 10.6 Å². The highest BCUT2D eigenvalue weighted by molar-refractivity contribution is 7.13. The summed E-state index contributed by atoms with van der Waals surface area (Å²) in [6.07, 6.45) is -5.49. The maximum atomic E-state index is 13.9. The molecule has 30 heavy (non-hydrogen) atoms. The molecular formula is C20H14F4N2O3S. The van der Waals surface area contributed by atoms with Gasteiger partial charge in [0.1, 0.15) is 16.5 Å². The fourth-order valence-electron chi connectivity index (χ4n) is 2.84. The number of hydrogen-bond donors (Lipinski definition) is 2. The number of nitrogens with zero attached hydrogens (tertiary/aromatic N) is 1. The molecule has 0 aliphatic carbocycles. The van der Waals surface area contributed by atoms with E-state index in [1.807, 2.05) is 0 Å². The molecule has 0 fully saturated rings. The minimum atomic E-state index is -4.73. The molecule has 2 N–H and O–H groups in total. The van der Waals surface area contributed by atoms with Crippen molar-refractivity contribution >= 4 is 23.2 Å². The summed E-state index contributed by atoms with van der Waals surface area (Å²) >= 11 is 0.981. The van der Waals surface area contributed by atoms with Crippen molar-refractivity contribution in [2.24, 2.45) is 0 Å². The van der Waals surface area contributed by atoms with Crippen LogP contribution in [-0.2, 0) is 11.0 Å². The van der Waals surface area contributed by atoms with Gasteiger partial charge in [-0.25, -0.2) is 9.37 Å². The summed E-state index contributed by atoms with van der Waals surface area (Å²) in [7, 11) is 0. The third kappa shape index (κ3) is 4.82. The van der Waals surface area contributed by atoms with E-state index in [1.54, 1.807) is 6.07 Å². The molecule has 10 heteroatoms. The van der Waals surface area contributed by atoms with E-state index in [9.17, 15) is 27.2 Å². The summed E-state index contributed by atoms with van der Waals surface area (Å²) in [4.78, 5) is 27.8. The van der Waals surface area contributed by atoms with E-state index in [0.717, 1.165) is 23.5 Å². The average molecular weight is 438 g/mol. The van der Waals surface area contributed by atoms with Gasteiger partial charge in [-0.1, -0.05) is 30.3 Å². The van der Waals surface area contributed by atoms with Crippen molar-refractivity contribution in [2.45, 2.75) is 18.6 Å². The van der Waals surface area contributed by atoms with Crippen LogP contribution in [0.4, 0.5) is 17.6 Å². The van der Waals surface area contributed by atoms with Crippen LogP contribution < -0.4 is 5.32 Å². The van der Waals surface area contributed by atoms with Crippen LogP contribution in [-0.4, -0.2) is 22.0 Å². The third-order valence-electron chi connectivity index (χ3n) is 4.17. The number of halogens is 4. The van der Waals surface area contributed by atoms with Crippen molar-refractivity contribution in [1.29, 1.82) is 0 Å². The van der Waals surface area contributed by atoms with Crippen molar-refractivity contribution in [3.63, 3.8) is 0 Å². The Morgan fingerprint density at radius 3 is 2.43 bits per heavy atom. The number of amides is 1. The normalized spacial score (nSPS) is 12.4. The lowest BCUT2D eigenvalue weighted by atomic mass is 9.97. The quantitative estimate of drug-likeness (QED) is 0.536. The van der Waals surface area contributed by atoms with E-state index < -0.39 is 41.9 Å². The molecule has 1 aromatic heterocycles. The highest BCUT2D eigenvalue weighted by Crippen LogP contribution is 2.35. The van der Waals surface area contributed by atoms with E-state index >= 15 is 0 Å². The number of aromatic nitrogens is 1. The molecule has 2 aromatic carbocycles. The maximum absolute atomic E-state index is 13.9. The van der Waals surface area contributed by atoms with Gasteiger partial charge in [-0.05, 0) is 23.8 Å². The topological polar surface area (TPSA) is 79.3 Å². The smallest absolute Gasteiger partial charge is 0.416 e. The lowest BCUT2D eigenvalue weighted by Crippen LogP contribution is -2.32. The predicted octanol–water partition coefficient (Wildman–Crippen LogP) is 4.91. The lowest BCUT2D eigenvalue weighted by molar-refractivity contribution is -0.140. The number of carbonyl (C=O) groups is 2. The molecule has 0 bridgehead atoms. The molecule has 1 unspecified atom stereocenters. The van der Waals surface area contributed by atoms with Gasteiger partial charge in [0.2, 0.25) is 0 Å². The van der Waals surface area contributed by atoms with Crippen LogP contribution in [0.1, 0.15) is 34.1 Å². The Bertz CT molecular complexity index is 1080. The fourth-order valence-corrected chi connectivity index (χ4v) is 3.67. The maximum Gasteiger partial charge on any atom is 0.416 e. The monoisotopic (exact) mass is 438 g/mol. The van der Waals surface area contributed by atoms with Gasteiger partial charge in [0.25, 0.3) is 5.91 Å². The molecular weight excluding hydrogens is 424 g/mol. The highest BCUT2D eigenvalue weighted by Gasteiger charge is 2.36. The number of nitrogens with one attached hydrogen (secondary N) is 1. The Morgan fingerprint density at radius 1 is 1.10 bits per heavy atom. The van der Waals surface area contributed by atoms with Crippen molar-refractivity contribution < 1.29 is 32.3 Å². The number of aliphatic carboxylic acids is 1. The van der Waals surface area contributed by atoms with Crippen molar-refractivity contribution in [1.82, 2.24) is 10.3 Å². The van der Waals surface area contributed by atoms with Gasteiger partial charge in [0, 0.05) is 10.9 Å². The zero-order valence-electron chi connectivity index (χ0n) is 15.1. The SMILES string of the molecule is O=C(O)CC(NC(=O)c1csc(-c2ccccc2F)n1)c1ccccc1C(F)(F)F. The second-order valence-corrected chi connectivity index (χ2v) is 7.08. The second kappa shape index (κ2) is 8.62. The summed E-state index contributed by atoms with van der Waals surface area (Å²) in [6.45, 7) is 0. The predicted molar refractivity (Wildman–Crippen MR) is 101 cm³/mol. The van der Waals surface area contributed by atoms with Crippen molar-refractivity contribution in [2.75, 3.05) is 0 Å². The van der Waals surface area contributed by atoms with Gasteiger partial charge >= 0.3 is 12.1 Å². The molecule has 1 atom stereocenters. The Morgan fingerprint density at radius 2 is 1.77 bits per heavy atom. The Kier molecular flexibility index (Phi) is 6.16. The first-order valence-corrected chi connectivity index (χ1v) is 9.44. The second-order valence-electron chi connectivity index (χ2n) is 6.23. The van der Waals surface area contributed by atoms with Gasteiger partial charge in [0.05, 0.1) is 18.0 Å². The minimum Gasteiger partial charge on any atom is -0.481 e. The van der Waals surface area contributed by atoms with Crippen molar-refractivity contribution in [3.05, 3.63) is 76.5 Å². The number of alkyl halides is 3. The summed E-state index contributed by atoms with van der Waals surface area (Å²) in [5.41, 5.74) is -1.39. The lowest BCUT2D eigenvalue weighted by Gasteiger charge is -2.21.